The van der Waals surface area contributed by atoms with Crippen LogP contribution >= 0.6 is 0 Å². The van der Waals surface area contributed by atoms with Gasteiger partial charge in [0.1, 0.15) is 0 Å². The standard InChI is InChI=1S/C19H19N/c1-3-4-9-15(2)20-14-16-10-5-6-11-17(16)18-12-7-8-13-19(18)20/h3-13H,14H2,1-2H3/b4-3-,15-9+. The normalized spacial score (nSPS) is 14.3. The van der Waals surface area contributed by atoms with Gasteiger partial charge < -0.3 is 4.90 Å². The lowest BCUT2D eigenvalue weighted by Crippen LogP contribution is -2.24. The van der Waals surface area contributed by atoms with Crippen LogP contribution in [0.15, 0.2) is 72.5 Å². The fourth-order valence-corrected chi connectivity index (χ4v) is 2.75. The van der Waals surface area contributed by atoms with Gasteiger partial charge in [0.15, 0.2) is 0 Å². The van der Waals surface area contributed by atoms with Crippen LogP contribution in [-0.2, 0) is 6.54 Å². The summed E-state index contributed by atoms with van der Waals surface area (Å²) in [7, 11) is 0. The summed E-state index contributed by atoms with van der Waals surface area (Å²) in [5.41, 5.74) is 6.63. The van der Waals surface area contributed by atoms with E-state index in [0.717, 1.165) is 6.54 Å². The van der Waals surface area contributed by atoms with Crippen molar-refractivity contribution < 1.29 is 0 Å². The Kier molecular flexibility index (Phi) is 3.42. The topological polar surface area (TPSA) is 3.24 Å². The lowest BCUT2D eigenvalue weighted by atomic mass is 9.93. The van der Waals surface area contributed by atoms with Gasteiger partial charge in [0.2, 0.25) is 0 Å². The Morgan fingerprint density at radius 2 is 1.70 bits per heavy atom. The molecule has 0 atom stereocenters. The maximum atomic E-state index is 2.39. The van der Waals surface area contributed by atoms with Crippen LogP contribution in [0.4, 0.5) is 5.69 Å². The van der Waals surface area contributed by atoms with E-state index in [1.807, 2.05) is 6.92 Å². The predicted molar refractivity (Wildman–Crippen MR) is 86.6 cm³/mol. The third-order valence-electron chi connectivity index (χ3n) is 3.79. The van der Waals surface area contributed by atoms with Gasteiger partial charge in [-0.25, -0.2) is 0 Å². The molecule has 0 bridgehead atoms. The molecule has 0 fully saturated rings. The molecule has 1 heterocycles. The van der Waals surface area contributed by atoms with Gasteiger partial charge >= 0.3 is 0 Å². The average molecular weight is 261 g/mol. The third kappa shape index (κ3) is 2.16. The number of allylic oxidation sites excluding steroid dienone is 4. The Morgan fingerprint density at radius 3 is 2.50 bits per heavy atom. The minimum Gasteiger partial charge on any atom is -0.340 e. The lowest BCUT2D eigenvalue weighted by molar-refractivity contribution is 0.901. The highest BCUT2D eigenvalue weighted by atomic mass is 15.1. The molecule has 0 saturated heterocycles. The molecule has 0 radical (unpaired) electrons. The maximum absolute atomic E-state index is 2.39. The molecule has 2 aromatic carbocycles. The Labute approximate surface area is 120 Å². The summed E-state index contributed by atoms with van der Waals surface area (Å²) in [6.07, 6.45) is 6.33. The monoisotopic (exact) mass is 261 g/mol. The molecule has 100 valence electrons. The first kappa shape index (κ1) is 12.7. The van der Waals surface area contributed by atoms with Gasteiger partial charge in [0.05, 0.1) is 0 Å². The summed E-state index contributed by atoms with van der Waals surface area (Å²) in [6, 6.07) is 17.3. The lowest BCUT2D eigenvalue weighted by Gasteiger charge is -2.33. The van der Waals surface area contributed by atoms with Gasteiger partial charge in [-0.2, -0.15) is 0 Å². The van der Waals surface area contributed by atoms with Crippen LogP contribution in [-0.4, -0.2) is 0 Å². The molecule has 1 heteroatoms. The van der Waals surface area contributed by atoms with Crippen LogP contribution in [0.1, 0.15) is 19.4 Å². The summed E-state index contributed by atoms with van der Waals surface area (Å²) in [5.74, 6) is 0. The third-order valence-corrected chi connectivity index (χ3v) is 3.79. The van der Waals surface area contributed by atoms with Crippen molar-refractivity contribution >= 4 is 5.69 Å². The van der Waals surface area contributed by atoms with Crippen molar-refractivity contribution in [3.05, 3.63) is 78.0 Å². The van der Waals surface area contributed by atoms with Crippen LogP contribution in [0.5, 0.6) is 0 Å². The van der Waals surface area contributed by atoms with Crippen molar-refractivity contribution in [2.24, 2.45) is 0 Å². The van der Waals surface area contributed by atoms with E-state index in [2.05, 4.69) is 78.6 Å². The number of fused-ring (bicyclic) bond motifs is 3. The molecule has 0 spiro atoms. The van der Waals surface area contributed by atoms with E-state index >= 15 is 0 Å². The Morgan fingerprint density at radius 1 is 1.00 bits per heavy atom. The number of para-hydroxylation sites is 1. The molecule has 0 unspecified atom stereocenters. The maximum Gasteiger partial charge on any atom is 0.0491 e. The highest BCUT2D eigenvalue weighted by Gasteiger charge is 2.21. The summed E-state index contributed by atoms with van der Waals surface area (Å²) in [5, 5.41) is 0. The molecule has 1 nitrogen and oxygen atoms in total. The molecular formula is C19H19N. The smallest absolute Gasteiger partial charge is 0.0491 e. The Bertz CT molecular complexity index is 680. The summed E-state index contributed by atoms with van der Waals surface area (Å²) >= 11 is 0. The second-order valence-corrected chi connectivity index (χ2v) is 5.09. The van der Waals surface area contributed by atoms with Gasteiger partial charge in [0, 0.05) is 23.5 Å². The van der Waals surface area contributed by atoms with E-state index in [-0.39, 0.29) is 0 Å². The van der Waals surface area contributed by atoms with E-state index in [4.69, 9.17) is 0 Å². The first-order valence-corrected chi connectivity index (χ1v) is 7.05. The number of nitrogens with zero attached hydrogens (tertiary/aromatic N) is 1. The number of benzene rings is 2. The molecule has 0 aromatic heterocycles. The van der Waals surface area contributed by atoms with Crippen LogP contribution in [0.25, 0.3) is 11.1 Å². The molecule has 0 N–H and O–H groups in total. The molecule has 3 rings (SSSR count). The highest BCUT2D eigenvalue weighted by molar-refractivity contribution is 5.84. The zero-order valence-electron chi connectivity index (χ0n) is 12.0. The van der Waals surface area contributed by atoms with Gasteiger partial charge in [-0.05, 0) is 37.1 Å². The van der Waals surface area contributed by atoms with Crippen LogP contribution < -0.4 is 4.90 Å². The van der Waals surface area contributed by atoms with Gasteiger partial charge in [-0.15, -0.1) is 0 Å². The van der Waals surface area contributed by atoms with Crippen LogP contribution in [0, 0.1) is 0 Å². The number of hydrogen-bond acceptors (Lipinski definition) is 1. The minimum atomic E-state index is 0.938. The fourth-order valence-electron chi connectivity index (χ4n) is 2.75. The second-order valence-electron chi connectivity index (χ2n) is 5.09. The zero-order chi connectivity index (χ0) is 13.9. The molecule has 0 aliphatic carbocycles. The predicted octanol–water partition coefficient (Wildman–Crippen LogP) is 5.15. The molecule has 0 saturated carbocycles. The van der Waals surface area contributed by atoms with Crippen molar-refractivity contribution in [2.45, 2.75) is 20.4 Å². The molecule has 1 aliphatic heterocycles. The molecule has 2 aromatic rings. The quantitative estimate of drug-likeness (QED) is 0.675. The first-order chi connectivity index (χ1) is 9.81. The van der Waals surface area contributed by atoms with Gasteiger partial charge in [-0.1, -0.05) is 54.6 Å². The SMILES string of the molecule is C/C=C\C=C(/C)N1Cc2ccccc2-c2ccccc21. The number of rotatable bonds is 2. The van der Waals surface area contributed by atoms with Crippen molar-refractivity contribution in [1.82, 2.24) is 0 Å². The van der Waals surface area contributed by atoms with E-state index < -0.39 is 0 Å². The zero-order valence-corrected chi connectivity index (χ0v) is 12.0. The second kappa shape index (κ2) is 5.38. The van der Waals surface area contributed by atoms with Crippen molar-refractivity contribution in [3.63, 3.8) is 0 Å². The van der Waals surface area contributed by atoms with Crippen molar-refractivity contribution in [2.75, 3.05) is 4.90 Å². The van der Waals surface area contributed by atoms with Crippen molar-refractivity contribution in [1.29, 1.82) is 0 Å². The molecule has 1 aliphatic rings. The Balaban J connectivity index is 2.13. The van der Waals surface area contributed by atoms with Gasteiger partial charge in [-0.3, -0.25) is 0 Å². The highest BCUT2D eigenvalue weighted by Crippen LogP contribution is 2.40. The number of hydrogen-bond donors (Lipinski definition) is 0. The molecule has 20 heavy (non-hydrogen) atoms. The van der Waals surface area contributed by atoms with Crippen LogP contribution in [0.2, 0.25) is 0 Å². The van der Waals surface area contributed by atoms with E-state index in [1.54, 1.807) is 0 Å². The molecular weight excluding hydrogens is 242 g/mol. The van der Waals surface area contributed by atoms with E-state index in [1.165, 1.54) is 28.1 Å². The van der Waals surface area contributed by atoms with Crippen molar-refractivity contribution in [3.8, 4) is 11.1 Å². The Hall–Kier alpha value is -2.28. The van der Waals surface area contributed by atoms with Gasteiger partial charge in [0.25, 0.3) is 0 Å². The average Bonchev–Trinajstić information content (AvgIpc) is 2.52. The van der Waals surface area contributed by atoms with Crippen LogP contribution in [0.3, 0.4) is 0 Å². The summed E-state index contributed by atoms with van der Waals surface area (Å²) in [4.78, 5) is 2.39. The summed E-state index contributed by atoms with van der Waals surface area (Å²) in [6.45, 7) is 5.15. The number of anilines is 1. The van der Waals surface area contributed by atoms with E-state index in [9.17, 15) is 0 Å². The fraction of sp³-hybridized carbons (Fsp3) is 0.158. The first-order valence-electron chi connectivity index (χ1n) is 7.05. The minimum absolute atomic E-state index is 0.938. The van der Waals surface area contributed by atoms with E-state index in [0.29, 0.717) is 0 Å². The largest absolute Gasteiger partial charge is 0.340 e. The summed E-state index contributed by atoms with van der Waals surface area (Å²) < 4.78 is 0. The molecule has 0 amide bonds.